The van der Waals surface area contributed by atoms with Gasteiger partial charge in [-0.1, -0.05) is 6.07 Å². The average Bonchev–Trinajstić information content (AvgIpc) is 2.76. The van der Waals surface area contributed by atoms with Crippen molar-refractivity contribution in [2.24, 2.45) is 0 Å². The molecule has 0 saturated carbocycles. The Labute approximate surface area is 112 Å². The maximum Gasteiger partial charge on any atom is 0.340 e. The van der Waals surface area contributed by atoms with Crippen LogP contribution >= 0.6 is 0 Å². The first-order chi connectivity index (χ1) is 9.19. The molecule has 2 atom stereocenters. The molecule has 1 aromatic rings. The van der Waals surface area contributed by atoms with Crippen molar-refractivity contribution in [3.63, 3.8) is 0 Å². The van der Waals surface area contributed by atoms with Gasteiger partial charge in [0, 0.05) is 13.1 Å². The van der Waals surface area contributed by atoms with Gasteiger partial charge < -0.3 is 20.1 Å². The standard InChI is InChI=1S/C14H18N2O3/c1-18-14(17)11-3-2-4-12(15)13(11)16-7-9-5-6-10(8-16)19-9/h2-4,9-10H,5-8,15H2,1H3. The molecule has 2 bridgehead atoms. The van der Waals surface area contributed by atoms with Gasteiger partial charge in [0.05, 0.1) is 36.3 Å². The van der Waals surface area contributed by atoms with Crippen molar-refractivity contribution < 1.29 is 14.3 Å². The lowest BCUT2D eigenvalue weighted by molar-refractivity contribution is 0.0303. The molecule has 0 radical (unpaired) electrons. The summed E-state index contributed by atoms with van der Waals surface area (Å²) in [7, 11) is 1.39. The van der Waals surface area contributed by atoms with Gasteiger partial charge in [-0.3, -0.25) is 0 Å². The number of morpholine rings is 1. The molecule has 5 nitrogen and oxygen atoms in total. The number of carbonyl (C=O) groups is 1. The number of nitrogens with zero attached hydrogens (tertiary/aromatic N) is 1. The molecule has 2 saturated heterocycles. The average molecular weight is 262 g/mol. The number of methoxy groups -OCH3 is 1. The zero-order valence-corrected chi connectivity index (χ0v) is 11.0. The van der Waals surface area contributed by atoms with Crippen molar-refractivity contribution in [3.8, 4) is 0 Å². The Hall–Kier alpha value is -1.75. The van der Waals surface area contributed by atoms with Crippen molar-refractivity contribution in [3.05, 3.63) is 23.8 Å². The predicted molar refractivity (Wildman–Crippen MR) is 72.3 cm³/mol. The molecule has 19 heavy (non-hydrogen) atoms. The van der Waals surface area contributed by atoms with E-state index in [1.807, 2.05) is 6.07 Å². The number of hydrogen-bond donors (Lipinski definition) is 1. The highest BCUT2D eigenvalue weighted by atomic mass is 16.5. The number of carbonyl (C=O) groups excluding carboxylic acids is 1. The summed E-state index contributed by atoms with van der Waals surface area (Å²) >= 11 is 0. The van der Waals surface area contributed by atoms with E-state index in [1.165, 1.54) is 7.11 Å². The Kier molecular flexibility index (Phi) is 3.06. The van der Waals surface area contributed by atoms with Crippen LogP contribution in [-0.2, 0) is 9.47 Å². The molecule has 0 amide bonds. The van der Waals surface area contributed by atoms with Crippen LogP contribution in [0.4, 0.5) is 11.4 Å². The van der Waals surface area contributed by atoms with Crippen LogP contribution in [0.1, 0.15) is 23.2 Å². The van der Waals surface area contributed by atoms with E-state index >= 15 is 0 Å². The summed E-state index contributed by atoms with van der Waals surface area (Å²) in [5.74, 6) is -0.346. The topological polar surface area (TPSA) is 64.8 Å². The molecule has 2 N–H and O–H groups in total. The Morgan fingerprint density at radius 1 is 1.37 bits per heavy atom. The summed E-state index contributed by atoms with van der Waals surface area (Å²) in [5.41, 5.74) is 8.00. The summed E-state index contributed by atoms with van der Waals surface area (Å²) in [4.78, 5) is 14.0. The Morgan fingerprint density at radius 2 is 2.05 bits per heavy atom. The number of esters is 1. The normalized spacial score (nSPS) is 25.4. The molecular formula is C14H18N2O3. The lowest BCUT2D eigenvalue weighted by Crippen LogP contribution is -2.43. The van der Waals surface area contributed by atoms with Crippen LogP contribution in [0.15, 0.2) is 18.2 Å². The van der Waals surface area contributed by atoms with Gasteiger partial charge in [-0.15, -0.1) is 0 Å². The van der Waals surface area contributed by atoms with Crippen molar-refractivity contribution in [1.29, 1.82) is 0 Å². The quantitative estimate of drug-likeness (QED) is 0.645. The third-order valence-electron chi connectivity index (χ3n) is 3.83. The summed E-state index contributed by atoms with van der Waals surface area (Å²) in [5, 5.41) is 0. The number of ether oxygens (including phenoxy) is 2. The van der Waals surface area contributed by atoms with E-state index in [-0.39, 0.29) is 18.2 Å². The van der Waals surface area contributed by atoms with Crippen molar-refractivity contribution in [1.82, 2.24) is 0 Å². The number of anilines is 2. The van der Waals surface area contributed by atoms with E-state index in [0.29, 0.717) is 11.3 Å². The van der Waals surface area contributed by atoms with E-state index < -0.39 is 0 Å². The maximum atomic E-state index is 11.9. The van der Waals surface area contributed by atoms with Crippen molar-refractivity contribution >= 4 is 17.3 Å². The molecular weight excluding hydrogens is 244 g/mol. The van der Waals surface area contributed by atoms with E-state index in [9.17, 15) is 4.79 Å². The fourth-order valence-electron chi connectivity index (χ4n) is 2.99. The summed E-state index contributed by atoms with van der Waals surface area (Å²) in [6, 6.07) is 5.36. The maximum absolute atomic E-state index is 11.9. The Morgan fingerprint density at radius 3 is 2.68 bits per heavy atom. The number of nitrogen functional groups attached to an aromatic ring is 1. The van der Waals surface area contributed by atoms with Gasteiger partial charge in [-0.05, 0) is 25.0 Å². The third kappa shape index (κ3) is 2.14. The van der Waals surface area contributed by atoms with Crippen LogP contribution in [0.5, 0.6) is 0 Å². The highest BCUT2D eigenvalue weighted by Crippen LogP contribution is 2.34. The van der Waals surface area contributed by atoms with Crippen LogP contribution in [0.3, 0.4) is 0 Å². The largest absolute Gasteiger partial charge is 0.465 e. The molecule has 0 aromatic heterocycles. The SMILES string of the molecule is COC(=O)c1cccc(N)c1N1CC2CCC(C1)O2. The molecule has 2 heterocycles. The highest BCUT2D eigenvalue weighted by molar-refractivity contribution is 5.99. The molecule has 2 fully saturated rings. The van der Waals surface area contributed by atoms with E-state index in [0.717, 1.165) is 31.6 Å². The predicted octanol–water partition coefficient (Wildman–Crippen LogP) is 1.42. The van der Waals surface area contributed by atoms with Crippen LogP contribution in [0.2, 0.25) is 0 Å². The zero-order valence-electron chi connectivity index (χ0n) is 11.0. The second kappa shape index (κ2) is 4.74. The first-order valence-electron chi connectivity index (χ1n) is 6.56. The van der Waals surface area contributed by atoms with Gasteiger partial charge in [0.1, 0.15) is 0 Å². The lowest BCUT2D eigenvalue weighted by Gasteiger charge is -2.35. The summed E-state index contributed by atoms with van der Waals surface area (Å²) in [6.07, 6.45) is 2.68. The first-order valence-corrected chi connectivity index (χ1v) is 6.56. The van der Waals surface area contributed by atoms with Gasteiger partial charge in [-0.2, -0.15) is 0 Å². The lowest BCUT2D eigenvalue weighted by atomic mass is 10.1. The minimum absolute atomic E-state index is 0.254. The third-order valence-corrected chi connectivity index (χ3v) is 3.83. The molecule has 1 aromatic carbocycles. The van der Waals surface area contributed by atoms with Gasteiger partial charge in [-0.25, -0.2) is 4.79 Å². The molecule has 0 aliphatic carbocycles. The molecule has 2 aliphatic rings. The fraction of sp³-hybridized carbons (Fsp3) is 0.500. The Bertz CT molecular complexity index is 491. The van der Waals surface area contributed by atoms with Crippen LogP contribution in [0, 0.1) is 0 Å². The second-order valence-corrected chi connectivity index (χ2v) is 5.10. The Balaban J connectivity index is 1.97. The second-order valence-electron chi connectivity index (χ2n) is 5.10. The highest BCUT2D eigenvalue weighted by Gasteiger charge is 2.35. The van der Waals surface area contributed by atoms with Crippen LogP contribution in [0.25, 0.3) is 0 Å². The van der Waals surface area contributed by atoms with Gasteiger partial charge in [0.2, 0.25) is 0 Å². The minimum Gasteiger partial charge on any atom is -0.465 e. The molecule has 3 rings (SSSR count). The van der Waals surface area contributed by atoms with E-state index in [2.05, 4.69) is 4.90 Å². The summed E-state index contributed by atoms with van der Waals surface area (Å²) < 4.78 is 10.7. The van der Waals surface area contributed by atoms with Gasteiger partial charge >= 0.3 is 5.97 Å². The number of nitrogens with two attached hydrogens (primary N) is 1. The van der Waals surface area contributed by atoms with Crippen molar-refractivity contribution in [2.45, 2.75) is 25.0 Å². The van der Waals surface area contributed by atoms with E-state index in [1.54, 1.807) is 12.1 Å². The molecule has 2 aliphatic heterocycles. The smallest absolute Gasteiger partial charge is 0.340 e. The zero-order chi connectivity index (χ0) is 13.4. The molecule has 5 heteroatoms. The number of fused-ring (bicyclic) bond motifs is 2. The number of para-hydroxylation sites is 1. The van der Waals surface area contributed by atoms with Crippen LogP contribution < -0.4 is 10.6 Å². The number of benzene rings is 1. The van der Waals surface area contributed by atoms with Gasteiger partial charge in [0.15, 0.2) is 0 Å². The van der Waals surface area contributed by atoms with Crippen molar-refractivity contribution in [2.75, 3.05) is 30.8 Å². The first kappa shape index (κ1) is 12.3. The van der Waals surface area contributed by atoms with Crippen LogP contribution in [-0.4, -0.2) is 38.4 Å². The minimum atomic E-state index is -0.346. The van der Waals surface area contributed by atoms with Gasteiger partial charge in [0.25, 0.3) is 0 Å². The molecule has 102 valence electrons. The molecule has 2 unspecified atom stereocenters. The number of rotatable bonds is 2. The monoisotopic (exact) mass is 262 g/mol. The molecule has 0 spiro atoms. The van der Waals surface area contributed by atoms with E-state index in [4.69, 9.17) is 15.2 Å². The number of hydrogen-bond acceptors (Lipinski definition) is 5. The fourth-order valence-corrected chi connectivity index (χ4v) is 2.99. The summed E-state index contributed by atoms with van der Waals surface area (Å²) in [6.45, 7) is 1.57.